The summed E-state index contributed by atoms with van der Waals surface area (Å²) in [4.78, 5) is 12.9. The molecule has 2 atom stereocenters. The van der Waals surface area contributed by atoms with Gasteiger partial charge in [-0.05, 0) is 19.4 Å². The second-order valence-electron chi connectivity index (χ2n) is 3.59. The highest BCUT2D eigenvalue weighted by atomic mass is 35.5. The topological polar surface area (TPSA) is 52.6 Å². The molecule has 4 nitrogen and oxygen atoms in total. The SMILES string of the molecule is Cl.Cl.O=C(O)C1CN2CCC[C@@H]2CN1. The van der Waals surface area contributed by atoms with Gasteiger partial charge in [0.25, 0.3) is 0 Å². The third-order valence-electron chi connectivity index (χ3n) is 2.81. The van der Waals surface area contributed by atoms with Crippen LogP contribution in [0.4, 0.5) is 0 Å². The van der Waals surface area contributed by atoms with E-state index in [-0.39, 0.29) is 30.9 Å². The monoisotopic (exact) mass is 242 g/mol. The zero-order valence-electron chi connectivity index (χ0n) is 7.81. The Balaban J connectivity index is 0.000000845. The Morgan fingerprint density at radius 3 is 2.79 bits per heavy atom. The average Bonchev–Trinajstić information content (AvgIpc) is 2.49. The van der Waals surface area contributed by atoms with Crippen LogP contribution in [0, 0.1) is 0 Å². The Labute approximate surface area is 95.9 Å². The number of fused-ring (bicyclic) bond motifs is 1. The number of carboxylic acids is 1. The van der Waals surface area contributed by atoms with Crippen LogP contribution in [0.25, 0.3) is 0 Å². The van der Waals surface area contributed by atoms with Crippen LogP contribution >= 0.6 is 24.8 Å². The Morgan fingerprint density at radius 2 is 2.14 bits per heavy atom. The van der Waals surface area contributed by atoms with E-state index in [4.69, 9.17) is 5.11 Å². The number of carbonyl (C=O) groups is 1. The minimum absolute atomic E-state index is 0. The fourth-order valence-corrected chi connectivity index (χ4v) is 2.11. The molecule has 2 rings (SSSR count). The number of aliphatic carboxylic acids is 1. The number of nitrogens with zero attached hydrogens (tertiary/aromatic N) is 1. The van der Waals surface area contributed by atoms with E-state index in [1.807, 2.05) is 0 Å². The first-order valence-electron chi connectivity index (χ1n) is 4.47. The molecule has 0 saturated carbocycles. The number of rotatable bonds is 1. The van der Waals surface area contributed by atoms with Crippen molar-refractivity contribution < 1.29 is 9.90 Å². The molecule has 1 unspecified atom stereocenters. The maximum absolute atomic E-state index is 10.7. The van der Waals surface area contributed by atoms with Crippen molar-refractivity contribution in [1.82, 2.24) is 10.2 Å². The van der Waals surface area contributed by atoms with Crippen molar-refractivity contribution >= 4 is 30.8 Å². The summed E-state index contributed by atoms with van der Waals surface area (Å²) in [5.41, 5.74) is 0. The summed E-state index contributed by atoms with van der Waals surface area (Å²) in [6, 6.07) is 0.250. The number of halogens is 2. The molecule has 0 spiro atoms. The molecular weight excluding hydrogens is 227 g/mol. The fraction of sp³-hybridized carbons (Fsp3) is 0.875. The van der Waals surface area contributed by atoms with Gasteiger partial charge < -0.3 is 10.4 Å². The molecule has 0 aromatic carbocycles. The van der Waals surface area contributed by atoms with E-state index in [9.17, 15) is 4.79 Å². The number of hydrogen-bond acceptors (Lipinski definition) is 3. The highest BCUT2D eigenvalue weighted by molar-refractivity contribution is 5.85. The van der Waals surface area contributed by atoms with Gasteiger partial charge in [0.1, 0.15) is 6.04 Å². The summed E-state index contributed by atoms with van der Waals surface area (Å²) in [7, 11) is 0. The first-order valence-corrected chi connectivity index (χ1v) is 4.47. The van der Waals surface area contributed by atoms with Crippen molar-refractivity contribution in [3.05, 3.63) is 0 Å². The molecule has 2 saturated heterocycles. The molecule has 6 heteroatoms. The lowest BCUT2D eigenvalue weighted by atomic mass is 10.1. The molecule has 0 aromatic rings. The van der Waals surface area contributed by atoms with Gasteiger partial charge in [-0.3, -0.25) is 9.69 Å². The van der Waals surface area contributed by atoms with Crippen molar-refractivity contribution in [1.29, 1.82) is 0 Å². The quantitative estimate of drug-likeness (QED) is 0.697. The van der Waals surface area contributed by atoms with Gasteiger partial charge in [-0.25, -0.2) is 0 Å². The molecule has 0 radical (unpaired) electrons. The molecular formula is C8H16Cl2N2O2. The normalized spacial score (nSPS) is 31.1. The molecule has 0 aliphatic carbocycles. The van der Waals surface area contributed by atoms with Crippen LogP contribution in [0.15, 0.2) is 0 Å². The van der Waals surface area contributed by atoms with Gasteiger partial charge in [0, 0.05) is 19.1 Å². The predicted molar refractivity (Wildman–Crippen MR) is 58.5 cm³/mol. The minimum atomic E-state index is -0.722. The molecule has 2 fully saturated rings. The molecule has 14 heavy (non-hydrogen) atoms. The van der Waals surface area contributed by atoms with Gasteiger partial charge in [-0.1, -0.05) is 0 Å². The summed E-state index contributed by atoms with van der Waals surface area (Å²) >= 11 is 0. The summed E-state index contributed by atoms with van der Waals surface area (Å²) in [5.74, 6) is -0.722. The lowest BCUT2D eigenvalue weighted by Crippen LogP contribution is -2.56. The maximum Gasteiger partial charge on any atom is 0.322 e. The standard InChI is InChI=1S/C8H14N2O2.2ClH/c11-8(12)7-5-10-3-1-2-6(10)4-9-7;;/h6-7,9H,1-5H2,(H,11,12);2*1H/t6-,7?;;/m1../s1. The van der Waals surface area contributed by atoms with Crippen LogP contribution in [0.2, 0.25) is 0 Å². The molecule has 2 heterocycles. The number of carboxylic acid groups (broad SMARTS) is 1. The smallest absolute Gasteiger partial charge is 0.322 e. The molecule has 2 aliphatic heterocycles. The van der Waals surface area contributed by atoms with Gasteiger partial charge >= 0.3 is 5.97 Å². The van der Waals surface area contributed by atoms with E-state index in [0.717, 1.165) is 13.1 Å². The largest absolute Gasteiger partial charge is 0.480 e. The third-order valence-corrected chi connectivity index (χ3v) is 2.81. The Morgan fingerprint density at radius 1 is 1.43 bits per heavy atom. The van der Waals surface area contributed by atoms with Crippen LogP contribution in [0.1, 0.15) is 12.8 Å². The Bertz CT molecular complexity index is 204. The van der Waals surface area contributed by atoms with Crippen LogP contribution in [0.3, 0.4) is 0 Å². The van der Waals surface area contributed by atoms with E-state index in [2.05, 4.69) is 10.2 Å². The second kappa shape index (κ2) is 5.75. The van der Waals surface area contributed by atoms with Gasteiger partial charge in [-0.15, -0.1) is 24.8 Å². The van der Waals surface area contributed by atoms with E-state index in [1.165, 1.54) is 12.8 Å². The zero-order chi connectivity index (χ0) is 8.55. The van der Waals surface area contributed by atoms with Crippen LogP contribution in [0.5, 0.6) is 0 Å². The predicted octanol–water partition coefficient (Wildman–Crippen LogP) is 0.351. The van der Waals surface area contributed by atoms with Crippen molar-refractivity contribution in [2.24, 2.45) is 0 Å². The van der Waals surface area contributed by atoms with Crippen LogP contribution in [-0.2, 0) is 4.79 Å². The summed E-state index contributed by atoms with van der Waals surface area (Å²) in [6.45, 7) is 2.60. The molecule has 0 amide bonds. The third kappa shape index (κ3) is 2.73. The first-order chi connectivity index (χ1) is 5.77. The van der Waals surface area contributed by atoms with Crippen LogP contribution in [-0.4, -0.2) is 47.7 Å². The van der Waals surface area contributed by atoms with Crippen molar-refractivity contribution in [3.63, 3.8) is 0 Å². The fourth-order valence-electron chi connectivity index (χ4n) is 2.11. The van der Waals surface area contributed by atoms with E-state index in [1.54, 1.807) is 0 Å². The van der Waals surface area contributed by atoms with Gasteiger partial charge in [0.15, 0.2) is 0 Å². The molecule has 2 aliphatic rings. The molecule has 84 valence electrons. The Hall–Kier alpha value is -0.0300. The lowest BCUT2D eigenvalue weighted by Gasteiger charge is -2.33. The highest BCUT2D eigenvalue weighted by Gasteiger charge is 2.33. The van der Waals surface area contributed by atoms with E-state index in [0.29, 0.717) is 12.6 Å². The second-order valence-corrected chi connectivity index (χ2v) is 3.59. The van der Waals surface area contributed by atoms with Gasteiger partial charge in [0.2, 0.25) is 0 Å². The van der Waals surface area contributed by atoms with E-state index >= 15 is 0 Å². The molecule has 2 N–H and O–H groups in total. The minimum Gasteiger partial charge on any atom is -0.480 e. The number of nitrogens with one attached hydrogen (secondary N) is 1. The zero-order valence-corrected chi connectivity index (χ0v) is 9.44. The Kier molecular flexibility index (Phi) is 5.74. The average molecular weight is 243 g/mol. The van der Waals surface area contributed by atoms with E-state index < -0.39 is 5.97 Å². The van der Waals surface area contributed by atoms with Crippen molar-refractivity contribution in [3.8, 4) is 0 Å². The summed E-state index contributed by atoms with van der Waals surface area (Å²) in [6.07, 6.45) is 2.44. The van der Waals surface area contributed by atoms with Crippen molar-refractivity contribution in [2.75, 3.05) is 19.6 Å². The number of piperazine rings is 1. The summed E-state index contributed by atoms with van der Waals surface area (Å²) < 4.78 is 0. The molecule has 0 bridgehead atoms. The molecule has 0 aromatic heterocycles. The van der Waals surface area contributed by atoms with Gasteiger partial charge in [0.05, 0.1) is 0 Å². The lowest BCUT2D eigenvalue weighted by molar-refractivity contribution is -0.140. The summed E-state index contributed by atoms with van der Waals surface area (Å²) in [5, 5.41) is 11.8. The van der Waals surface area contributed by atoms with Gasteiger partial charge in [-0.2, -0.15) is 0 Å². The maximum atomic E-state index is 10.7. The number of hydrogen-bond donors (Lipinski definition) is 2. The van der Waals surface area contributed by atoms with Crippen LogP contribution < -0.4 is 5.32 Å². The first kappa shape index (κ1) is 14.0. The van der Waals surface area contributed by atoms with Crippen molar-refractivity contribution in [2.45, 2.75) is 24.9 Å². The highest BCUT2D eigenvalue weighted by Crippen LogP contribution is 2.19.